The lowest BCUT2D eigenvalue weighted by Gasteiger charge is -2.24. The van der Waals surface area contributed by atoms with Gasteiger partial charge in [0.2, 0.25) is 5.91 Å². The third kappa shape index (κ3) is 3.15. The minimum absolute atomic E-state index is 0.000179. The van der Waals surface area contributed by atoms with Crippen LogP contribution < -0.4 is 10.1 Å². The molecule has 126 valence electrons. The molecule has 1 aromatic heterocycles. The number of para-hydroxylation sites is 1. The Morgan fingerprint density at radius 2 is 1.92 bits per heavy atom. The van der Waals surface area contributed by atoms with Crippen LogP contribution in [0.15, 0.2) is 60.0 Å². The van der Waals surface area contributed by atoms with Gasteiger partial charge in [0.25, 0.3) is 0 Å². The average Bonchev–Trinajstić information content (AvgIpc) is 3.09. The summed E-state index contributed by atoms with van der Waals surface area (Å²) in [7, 11) is 0. The van der Waals surface area contributed by atoms with E-state index < -0.39 is 0 Å². The van der Waals surface area contributed by atoms with Gasteiger partial charge < -0.3 is 10.1 Å². The van der Waals surface area contributed by atoms with Crippen LogP contribution in [-0.2, 0) is 11.4 Å². The lowest BCUT2D eigenvalue weighted by Crippen LogP contribution is -2.22. The molecule has 1 atom stereocenters. The number of rotatable bonds is 4. The quantitative estimate of drug-likeness (QED) is 0.721. The number of fused-ring (bicyclic) bond motifs is 1. The Labute approximate surface area is 149 Å². The molecule has 0 radical (unpaired) electrons. The highest BCUT2D eigenvalue weighted by molar-refractivity contribution is 7.10. The molecule has 1 aliphatic heterocycles. The molecule has 0 saturated carbocycles. The monoisotopic (exact) mass is 353 g/mol. The van der Waals surface area contributed by atoms with Crippen LogP contribution >= 0.6 is 11.3 Å². The maximum absolute atomic E-state index is 13.8. The van der Waals surface area contributed by atoms with Crippen molar-refractivity contribution in [2.75, 3.05) is 5.32 Å². The Balaban J connectivity index is 1.64. The molecule has 0 bridgehead atoms. The number of benzene rings is 2. The molecule has 3 aromatic rings. The second kappa shape index (κ2) is 6.69. The molecule has 0 spiro atoms. The first kappa shape index (κ1) is 15.8. The van der Waals surface area contributed by atoms with E-state index in [9.17, 15) is 9.18 Å². The summed E-state index contributed by atoms with van der Waals surface area (Å²) in [5.74, 6) is 0.364. The van der Waals surface area contributed by atoms with Gasteiger partial charge in [-0.1, -0.05) is 36.4 Å². The Hall–Kier alpha value is -2.66. The second-order valence-corrected chi connectivity index (χ2v) is 6.87. The summed E-state index contributed by atoms with van der Waals surface area (Å²) in [5.41, 5.74) is 2.34. The molecule has 1 N–H and O–H groups in total. The van der Waals surface area contributed by atoms with Crippen molar-refractivity contribution in [3.05, 3.63) is 81.8 Å². The van der Waals surface area contributed by atoms with E-state index in [1.807, 2.05) is 35.7 Å². The average molecular weight is 353 g/mol. The van der Waals surface area contributed by atoms with Crippen molar-refractivity contribution < 1.29 is 13.9 Å². The van der Waals surface area contributed by atoms with Crippen LogP contribution in [0.1, 0.15) is 28.3 Å². The van der Waals surface area contributed by atoms with Crippen molar-refractivity contribution in [2.45, 2.75) is 18.9 Å². The van der Waals surface area contributed by atoms with Crippen LogP contribution in [0.2, 0.25) is 0 Å². The summed E-state index contributed by atoms with van der Waals surface area (Å²) in [6.07, 6.45) is 0.383. The molecule has 1 unspecified atom stereocenters. The number of ether oxygens (including phenoxy) is 1. The van der Waals surface area contributed by atoms with Gasteiger partial charge in [-0.2, -0.15) is 0 Å². The van der Waals surface area contributed by atoms with E-state index in [-0.39, 0.29) is 24.2 Å². The van der Waals surface area contributed by atoms with E-state index >= 15 is 0 Å². The van der Waals surface area contributed by atoms with E-state index in [0.29, 0.717) is 17.7 Å². The fraction of sp³-hybridized carbons (Fsp3) is 0.150. The predicted molar refractivity (Wildman–Crippen MR) is 96.6 cm³/mol. The highest BCUT2D eigenvalue weighted by Crippen LogP contribution is 2.43. The van der Waals surface area contributed by atoms with Crippen LogP contribution in [0.5, 0.6) is 5.75 Å². The van der Waals surface area contributed by atoms with E-state index in [1.165, 1.54) is 6.07 Å². The van der Waals surface area contributed by atoms with Gasteiger partial charge in [-0.25, -0.2) is 4.39 Å². The number of anilines is 1. The zero-order valence-electron chi connectivity index (χ0n) is 13.4. The highest BCUT2D eigenvalue weighted by atomic mass is 32.1. The first-order chi connectivity index (χ1) is 12.2. The zero-order valence-corrected chi connectivity index (χ0v) is 14.2. The molecule has 2 aromatic carbocycles. The number of halogens is 1. The van der Waals surface area contributed by atoms with E-state index in [2.05, 4.69) is 5.32 Å². The fourth-order valence-electron chi connectivity index (χ4n) is 3.10. The summed E-state index contributed by atoms with van der Waals surface area (Å²) in [5, 5.41) is 4.88. The SMILES string of the molecule is O=C1CC(c2ccccc2OCc2ccccc2F)c2sccc2N1. The molecular formula is C20H16FNO2S. The number of hydrogen-bond donors (Lipinski definition) is 1. The molecule has 1 amide bonds. The molecule has 4 rings (SSSR count). The Bertz CT molecular complexity index is 921. The Kier molecular flexibility index (Phi) is 4.24. The van der Waals surface area contributed by atoms with Crippen LogP contribution in [0.4, 0.5) is 10.1 Å². The van der Waals surface area contributed by atoms with Gasteiger partial charge in [-0.3, -0.25) is 4.79 Å². The van der Waals surface area contributed by atoms with Crippen molar-refractivity contribution in [1.82, 2.24) is 0 Å². The summed E-state index contributed by atoms with van der Waals surface area (Å²) in [4.78, 5) is 13.2. The van der Waals surface area contributed by atoms with E-state index in [4.69, 9.17) is 4.74 Å². The van der Waals surface area contributed by atoms with Gasteiger partial charge in [0.1, 0.15) is 18.2 Å². The van der Waals surface area contributed by atoms with Crippen molar-refractivity contribution in [2.24, 2.45) is 0 Å². The smallest absolute Gasteiger partial charge is 0.225 e. The van der Waals surface area contributed by atoms with Gasteiger partial charge in [-0.15, -0.1) is 11.3 Å². The Morgan fingerprint density at radius 1 is 1.12 bits per heavy atom. The van der Waals surface area contributed by atoms with Crippen LogP contribution in [0.25, 0.3) is 0 Å². The minimum Gasteiger partial charge on any atom is -0.488 e. The molecule has 0 aliphatic carbocycles. The van der Waals surface area contributed by atoms with Gasteiger partial charge in [-0.05, 0) is 23.6 Å². The van der Waals surface area contributed by atoms with Gasteiger partial charge in [0, 0.05) is 28.3 Å². The van der Waals surface area contributed by atoms with E-state index in [0.717, 1.165) is 16.1 Å². The van der Waals surface area contributed by atoms with Crippen molar-refractivity contribution in [3.63, 3.8) is 0 Å². The number of hydrogen-bond acceptors (Lipinski definition) is 3. The second-order valence-electron chi connectivity index (χ2n) is 5.92. The molecule has 0 fully saturated rings. The molecular weight excluding hydrogens is 337 g/mol. The molecule has 0 saturated heterocycles. The van der Waals surface area contributed by atoms with Crippen molar-refractivity contribution in [3.8, 4) is 5.75 Å². The number of amides is 1. The van der Waals surface area contributed by atoms with Crippen molar-refractivity contribution >= 4 is 22.9 Å². The maximum atomic E-state index is 13.8. The largest absolute Gasteiger partial charge is 0.488 e. The van der Waals surface area contributed by atoms with E-state index in [1.54, 1.807) is 29.5 Å². The maximum Gasteiger partial charge on any atom is 0.225 e. The Morgan fingerprint density at radius 3 is 2.80 bits per heavy atom. The van der Waals surface area contributed by atoms with Crippen molar-refractivity contribution in [1.29, 1.82) is 0 Å². The summed E-state index contributed by atoms with van der Waals surface area (Å²) < 4.78 is 19.7. The molecule has 5 heteroatoms. The molecule has 1 aliphatic rings. The third-order valence-corrected chi connectivity index (χ3v) is 5.34. The van der Waals surface area contributed by atoms with Crippen LogP contribution in [0.3, 0.4) is 0 Å². The van der Waals surface area contributed by atoms with Crippen LogP contribution in [0, 0.1) is 5.82 Å². The number of carbonyl (C=O) groups is 1. The summed E-state index contributed by atoms with van der Waals surface area (Å²) in [6.45, 7) is 0.153. The number of thiophene rings is 1. The highest BCUT2D eigenvalue weighted by Gasteiger charge is 2.29. The standard InChI is InChI=1S/C20H16FNO2S/c21-16-7-3-1-5-13(16)12-24-18-8-4-2-6-14(18)15-11-19(23)22-17-9-10-25-20(15)17/h1-10,15H,11-12H2,(H,22,23). The zero-order chi connectivity index (χ0) is 17.2. The third-order valence-electron chi connectivity index (χ3n) is 4.31. The minimum atomic E-state index is -0.280. The lowest BCUT2D eigenvalue weighted by molar-refractivity contribution is -0.116. The number of nitrogens with one attached hydrogen (secondary N) is 1. The molecule has 3 nitrogen and oxygen atoms in total. The van der Waals surface area contributed by atoms with Gasteiger partial charge in [0.15, 0.2) is 0 Å². The van der Waals surface area contributed by atoms with Gasteiger partial charge in [0.05, 0.1) is 5.69 Å². The summed E-state index contributed by atoms with van der Waals surface area (Å²) in [6, 6.07) is 16.2. The predicted octanol–water partition coefficient (Wildman–Crippen LogP) is 4.94. The van der Waals surface area contributed by atoms with Gasteiger partial charge >= 0.3 is 0 Å². The molecule has 25 heavy (non-hydrogen) atoms. The number of carbonyl (C=O) groups excluding carboxylic acids is 1. The lowest BCUT2D eigenvalue weighted by atomic mass is 9.90. The summed E-state index contributed by atoms with van der Waals surface area (Å²) >= 11 is 1.63. The first-order valence-corrected chi connectivity index (χ1v) is 8.92. The topological polar surface area (TPSA) is 38.3 Å². The normalized spacial score (nSPS) is 16.2. The van der Waals surface area contributed by atoms with Crippen LogP contribution in [-0.4, -0.2) is 5.91 Å². The fourth-order valence-corrected chi connectivity index (χ4v) is 4.07. The molecule has 2 heterocycles. The first-order valence-electron chi connectivity index (χ1n) is 8.05.